The van der Waals surface area contributed by atoms with Crippen LogP contribution >= 0.6 is 0 Å². The maximum absolute atomic E-state index is 12.2. The monoisotopic (exact) mass is 289 g/mol. The predicted molar refractivity (Wildman–Crippen MR) is 86.2 cm³/mol. The number of amides is 2. The van der Waals surface area contributed by atoms with Crippen LogP contribution in [0.4, 0.5) is 4.79 Å². The lowest BCUT2D eigenvalue weighted by Crippen LogP contribution is -2.53. The molecule has 1 fully saturated rings. The minimum absolute atomic E-state index is 0.100. The number of carbonyl (C=O) groups excluding carboxylic acids is 1. The zero-order valence-corrected chi connectivity index (χ0v) is 13.2. The number of hydrogen-bond donors (Lipinski definition) is 1. The van der Waals surface area contributed by atoms with Crippen LogP contribution in [0.5, 0.6) is 0 Å². The summed E-state index contributed by atoms with van der Waals surface area (Å²) in [4.78, 5) is 16.5. The summed E-state index contributed by atoms with van der Waals surface area (Å²) in [6, 6.07) is 10.9. The van der Waals surface area contributed by atoms with Crippen LogP contribution in [0, 0.1) is 0 Å². The number of piperazine rings is 1. The van der Waals surface area contributed by atoms with E-state index in [0.717, 1.165) is 45.6 Å². The molecule has 0 spiro atoms. The van der Waals surface area contributed by atoms with Crippen LogP contribution in [0.3, 0.4) is 0 Å². The number of rotatable bonds is 5. The number of urea groups is 1. The molecule has 0 saturated carbocycles. The fourth-order valence-corrected chi connectivity index (χ4v) is 2.71. The van der Waals surface area contributed by atoms with Crippen molar-refractivity contribution in [2.24, 2.45) is 0 Å². The fraction of sp³-hybridized carbons (Fsp3) is 0.588. The van der Waals surface area contributed by atoms with Crippen LogP contribution in [0.25, 0.3) is 0 Å². The third-order valence-corrected chi connectivity index (χ3v) is 4.22. The second kappa shape index (κ2) is 8.03. The maximum Gasteiger partial charge on any atom is 0.317 e. The molecule has 0 bridgehead atoms. The molecule has 116 valence electrons. The van der Waals surface area contributed by atoms with Gasteiger partial charge in [-0.2, -0.15) is 0 Å². The summed E-state index contributed by atoms with van der Waals surface area (Å²) in [5.74, 6) is 0. The average Bonchev–Trinajstić information content (AvgIpc) is 2.54. The SMILES string of the molecule is CCC(CC)NC(=O)N1CCN(Cc2ccccc2)CC1. The largest absolute Gasteiger partial charge is 0.335 e. The zero-order chi connectivity index (χ0) is 15.1. The maximum atomic E-state index is 12.2. The molecular weight excluding hydrogens is 262 g/mol. The molecule has 0 atom stereocenters. The van der Waals surface area contributed by atoms with Gasteiger partial charge in [0.1, 0.15) is 0 Å². The van der Waals surface area contributed by atoms with Gasteiger partial charge < -0.3 is 10.2 Å². The Bertz CT molecular complexity index is 423. The minimum Gasteiger partial charge on any atom is -0.335 e. The van der Waals surface area contributed by atoms with Gasteiger partial charge in [-0.25, -0.2) is 4.79 Å². The highest BCUT2D eigenvalue weighted by atomic mass is 16.2. The van der Waals surface area contributed by atoms with Gasteiger partial charge in [0.15, 0.2) is 0 Å². The van der Waals surface area contributed by atoms with Crippen molar-refractivity contribution >= 4 is 6.03 Å². The van der Waals surface area contributed by atoms with Gasteiger partial charge in [-0.3, -0.25) is 4.90 Å². The fourth-order valence-electron chi connectivity index (χ4n) is 2.71. The Balaban J connectivity index is 1.76. The van der Waals surface area contributed by atoms with E-state index in [1.165, 1.54) is 5.56 Å². The molecule has 0 aromatic heterocycles. The lowest BCUT2D eigenvalue weighted by Gasteiger charge is -2.35. The van der Waals surface area contributed by atoms with Crippen LogP contribution in [0.2, 0.25) is 0 Å². The van der Waals surface area contributed by atoms with Crippen LogP contribution in [0.1, 0.15) is 32.3 Å². The van der Waals surface area contributed by atoms with Gasteiger partial charge in [0.25, 0.3) is 0 Å². The summed E-state index contributed by atoms with van der Waals surface area (Å²) in [7, 11) is 0. The third-order valence-electron chi connectivity index (χ3n) is 4.22. The molecule has 1 heterocycles. The third kappa shape index (κ3) is 4.74. The summed E-state index contributed by atoms with van der Waals surface area (Å²) in [6.45, 7) is 8.75. The van der Waals surface area contributed by atoms with Gasteiger partial charge in [-0.05, 0) is 18.4 Å². The standard InChI is InChI=1S/C17H27N3O/c1-3-16(4-2)18-17(21)20-12-10-19(11-13-20)14-15-8-6-5-7-9-15/h5-9,16H,3-4,10-14H2,1-2H3,(H,18,21). The molecular formula is C17H27N3O. The Morgan fingerprint density at radius 3 is 2.29 bits per heavy atom. The molecule has 1 aliphatic rings. The Labute approximate surface area is 128 Å². The van der Waals surface area contributed by atoms with E-state index in [1.807, 2.05) is 11.0 Å². The average molecular weight is 289 g/mol. The summed E-state index contributed by atoms with van der Waals surface area (Å²) >= 11 is 0. The van der Waals surface area contributed by atoms with Gasteiger partial charge in [0.2, 0.25) is 0 Å². The van der Waals surface area contributed by atoms with Crippen molar-refractivity contribution in [2.45, 2.75) is 39.3 Å². The summed E-state index contributed by atoms with van der Waals surface area (Å²) in [5.41, 5.74) is 1.34. The van der Waals surface area contributed by atoms with Crippen LogP contribution < -0.4 is 5.32 Å². The lowest BCUT2D eigenvalue weighted by molar-refractivity contribution is 0.133. The molecule has 0 unspecified atom stereocenters. The highest BCUT2D eigenvalue weighted by Crippen LogP contribution is 2.09. The van der Waals surface area contributed by atoms with Crippen molar-refractivity contribution in [3.05, 3.63) is 35.9 Å². The first kappa shape index (κ1) is 15.8. The summed E-state index contributed by atoms with van der Waals surface area (Å²) < 4.78 is 0. The van der Waals surface area contributed by atoms with E-state index in [4.69, 9.17) is 0 Å². The van der Waals surface area contributed by atoms with E-state index in [9.17, 15) is 4.79 Å². The van der Waals surface area contributed by atoms with Crippen molar-refractivity contribution in [1.29, 1.82) is 0 Å². The minimum atomic E-state index is 0.100. The molecule has 2 rings (SSSR count). The predicted octanol–water partition coefficient (Wildman–Crippen LogP) is 2.70. The van der Waals surface area contributed by atoms with E-state index in [0.29, 0.717) is 6.04 Å². The number of nitrogens with zero attached hydrogens (tertiary/aromatic N) is 2. The molecule has 1 aromatic carbocycles. The second-order valence-electron chi connectivity index (χ2n) is 5.71. The highest BCUT2D eigenvalue weighted by molar-refractivity contribution is 5.74. The highest BCUT2D eigenvalue weighted by Gasteiger charge is 2.22. The molecule has 4 heteroatoms. The first-order chi connectivity index (χ1) is 10.2. The molecule has 21 heavy (non-hydrogen) atoms. The Kier molecular flexibility index (Phi) is 6.05. The van der Waals surface area contributed by atoms with Crippen molar-refractivity contribution in [3.63, 3.8) is 0 Å². The number of nitrogens with one attached hydrogen (secondary N) is 1. The molecule has 4 nitrogen and oxygen atoms in total. The Morgan fingerprint density at radius 2 is 1.71 bits per heavy atom. The number of hydrogen-bond acceptors (Lipinski definition) is 2. The van der Waals surface area contributed by atoms with E-state index in [2.05, 4.69) is 48.3 Å². The lowest BCUT2D eigenvalue weighted by atomic mass is 10.2. The zero-order valence-electron chi connectivity index (χ0n) is 13.2. The van der Waals surface area contributed by atoms with Crippen molar-refractivity contribution in [3.8, 4) is 0 Å². The van der Waals surface area contributed by atoms with Gasteiger partial charge in [0, 0.05) is 38.8 Å². The number of carbonyl (C=O) groups is 1. The van der Waals surface area contributed by atoms with E-state index >= 15 is 0 Å². The summed E-state index contributed by atoms with van der Waals surface area (Å²) in [6.07, 6.45) is 1.99. The van der Waals surface area contributed by atoms with Crippen LogP contribution in [-0.2, 0) is 6.54 Å². The number of benzene rings is 1. The first-order valence-electron chi connectivity index (χ1n) is 8.04. The Hall–Kier alpha value is -1.55. The topological polar surface area (TPSA) is 35.6 Å². The van der Waals surface area contributed by atoms with Gasteiger partial charge in [-0.1, -0.05) is 44.2 Å². The van der Waals surface area contributed by atoms with Crippen molar-refractivity contribution < 1.29 is 4.79 Å². The molecule has 1 aromatic rings. The van der Waals surface area contributed by atoms with Crippen molar-refractivity contribution in [2.75, 3.05) is 26.2 Å². The van der Waals surface area contributed by atoms with E-state index in [1.54, 1.807) is 0 Å². The van der Waals surface area contributed by atoms with Gasteiger partial charge >= 0.3 is 6.03 Å². The molecule has 1 aliphatic heterocycles. The summed E-state index contributed by atoms with van der Waals surface area (Å²) in [5, 5.41) is 3.12. The Morgan fingerprint density at radius 1 is 1.10 bits per heavy atom. The first-order valence-corrected chi connectivity index (χ1v) is 8.04. The smallest absolute Gasteiger partial charge is 0.317 e. The van der Waals surface area contributed by atoms with Crippen LogP contribution in [0.15, 0.2) is 30.3 Å². The molecule has 2 amide bonds. The van der Waals surface area contributed by atoms with Gasteiger partial charge in [0.05, 0.1) is 0 Å². The quantitative estimate of drug-likeness (QED) is 0.904. The molecule has 1 saturated heterocycles. The van der Waals surface area contributed by atoms with Gasteiger partial charge in [-0.15, -0.1) is 0 Å². The van der Waals surface area contributed by atoms with Crippen molar-refractivity contribution in [1.82, 2.24) is 15.1 Å². The molecule has 0 radical (unpaired) electrons. The molecule has 0 aliphatic carbocycles. The molecule has 1 N–H and O–H groups in total. The normalized spacial score (nSPS) is 16.2. The van der Waals surface area contributed by atoms with E-state index < -0.39 is 0 Å². The second-order valence-corrected chi connectivity index (χ2v) is 5.71. The van der Waals surface area contributed by atoms with Crippen LogP contribution in [-0.4, -0.2) is 48.1 Å². The van der Waals surface area contributed by atoms with E-state index in [-0.39, 0.29) is 6.03 Å².